The molecular weight excluding hydrogens is 253 g/mol. The molecule has 0 spiro atoms. The normalized spacial score (nSPS) is 9.69. The predicted octanol–water partition coefficient (Wildman–Crippen LogP) is 2.95. The molecule has 0 unspecified atom stereocenters. The Morgan fingerprint density at radius 2 is 2.15 bits per heavy atom. The van der Waals surface area contributed by atoms with Crippen LogP contribution in [0.3, 0.4) is 0 Å². The molecule has 0 amide bonds. The second kappa shape index (κ2) is 3.94. The highest BCUT2D eigenvalue weighted by Crippen LogP contribution is 2.25. The first-order valence-corrected chi connectivity index (χ1v) is 4.62. The molecule has 0 aliphatic carbocycles. The lowest BCUT2D eigenvalue weighted by Crippen LogP contribution is -2.11. The van der Waals surface area contributed by atoms with E-state index in [9.17, 15) is 4.79 Å². The standard InChI is InChI=1S/C9H7BrClNO/c1-5(10)7-3-4-12-9(13)8(7)6(2)11/h3-4H,1-2H2,(H,12,13). The molecule has 0 fully saturated rings. The van der Waals surface area contributed by atoms with Gasteiger partial charge >= 0.3 is 0 Å². The first-order valence-electron chi connectivity index (χ1n) is 3.45. The lowest BCUT2D eigenvalue weighted by molar-refractivity contribution is 1.22. The van der Waals surface area contributed by atoms with Crippen LogP contribution in [0.4, 0.5) is 0 Å². The van der Waals surface area contributed by atoms with Crippen LogP contribution in [0.15, 0.2) is 30.2 Å². The van der Waals surface area contributed by atoms with Crippen molar-refractivity contribution < 1.29 is 0 Å². The predicted molar refractivity (Wildman–Crippen MR) is 59.9 cm³/mol. The van der Waals surface area contributed by atoms with Crippen molar-refractivity contribution in [2.45, 2.75) is 0 Å². The van der Waals surface area contributed by atoms with Gasteiger partial charge in [0.25, 0.3) is 5.56 Å². The maximum atomic E-state index is 11.3. The van der Waals surface area contributed by atoms with Gasteiger partial charge in [-0.05, 0) is 6.07 Å². The van der Waals surface area contributed by atoms with Crippen LogP contribution >= 0.6 is 27.5 Å². The molecule has 0 aliphatic rings. The third kappa shape index (κ3) is 2.11. The fourth-order valence-corrected chi connectivity index (χ4v) is 1.49. The summed E-state index contributed by atoms with van der Waals surface area (Å²) in [5.74, 6) is 0. The Morgan fingerprint density at radius 3 is 2.54 bits per heavy atom. The van der Waals surface area contributed by atoms with Crippen molar-refractivity contribution in [3.05, 3.63) is 46.9 Å². The van der Waals surface area contributed by atoms with Crippen LogP contribution in [-0.4, -0.2) is 4.98 Å². The summed E-state index contributed by atoms with van der Waals surface area (Å²) in [5, 5.41) is 0.206. The first kappa shape index (κ1) is 10.3. The molecule has 13 heavy (non-hydrogen) atoms. The van der Waals surface area contributed by atoms with Crippen molar-refractivity contribution in [3.8, 4) is 0 Å². The van der Waals surface area contributed by atoms with Crippen LogP contribution in [0, 0.1) is 0 Å². The molecule has 0 aromatic carbocycles. The minimum atomic E-state index is -0.266. The van der Waals surface area contributed by atoms with E-state index < -0.39 is 0 Å². The Kier molecular flexibility index (Phi) is 3.12. The third-order valence-electron chi connectivity index (χ3n) is 1.52. The highest BCUT2D eigenvalue weighted by Gasteiger charge is 2.09. The summed E-state index contributed by atoms with van der Waals surface area (Å²) >= 11 is 8.87. The molecule has 1 aromatic heterocycles. The molecule has 0 bridgehead atoms. The highest BCUT2D eigenvalue weighted by molar-refractivity contribution is 9.15. The average molecular weight is 261 g/mol. The Balaban J connectivity index is 3.52. The molecule has 2 nitrogen and oxygen atoms in total. The summed E-state index contributed by atoms with van der Waals surface area (Å²) < 4.78 is 0.607. The van der Waals surface area contributed by atoms with E-state index in [0.29, 0.717) is 15.6 Å². The SMILES string of the molecule is C=C(Br)c1cc[nH]c(=O)c1C(=C)Cl. The van der Waals surface area contributed by atoms with Gasteiger partial charge in [0.2, 0.25) is 0 Å². The summed E-state index contributed by atoms with van der Waals surface area (Å²) in [6.07, 6.45) is 1.54. The van der Waals surface area contributed by atoms with Gasteiger partial charge in [-0.25, -0.2) is 0 Å². The zero-order chi connectivity index (χ0) is 10.0. The molecule has 0 radical (unpaired) electrons. The van der Waals surface area contributed by atoms with Crippen molar-refractivity contribution in [2.24, 2.45) is 0 Å². The number of hydrogen-bond donors (Lipinski definition) is 1. The number of aromatic nitrogens is 1. The van der Waals surface area contributed by atoms with E-state index in [1.54, 1.807) is 6.07 Å². The van der Waals surface area contributed by atoms with E-state index in [2.05, 4.69) is 34.1 Å². The summed E-state index contributed by atoms with van der Waals surface area (Å²) in [5.41, 5.74) is 0.743. The van der Waals surface area contributed by atoms with Gasteiger partial charge in [-0.1, -0.05) is 40.7 Å². The number of aromatic amines is 1. The van der Waals surface area contributed by atoms with Gasteiger partial charge in [0.05, 0.1) is 5.56 Å². The van der Waals surface area contributed by atoms with Gasteiger partial charge in [0.15, 0.2) is 0 Å². The van der Waals surface area contributed by atoms with Gasteiger partial charge in [0.1, 0.15) is 0 Å². The topological polar surface area (TPSA) is 32.9 Å². The largest absolute Gasteiger partial charge is 0.329 e. The Morgan fingerprint density at radius 1 is 1.54 bits per heavy atom. The van der Waals surface area contributed by atoms with Crippen LogP contribution in [-0.2, 0) is 0 Å². The van der Waals surface area contributed by atoms with E-state index in [-0.39, 0.29) is 10.6 Å². The van der Waals surface area contributed by atoms with Crippen LogP contribution in [0.5, 0.6) is 0 Å². The zero-order valence-electron chi connectivity index (χ0n) is 6.73. The van der Waals surface area contributed by atoms with Crippen molar-refractivity contribution in [1.82, 2.24) is 4.98 Å². The number of pyridine rings is 1. The van der Waals surface area contributed by atoms with Crippen molar-refractivity contribution in [3.63, 3.8) is 0 Å². The second-order valence-corrected chi connectivity index (χ2v) is 3.82. The van der Waals surface area contributed by atoms with E-state index in [4.69, 9.17) is 11.6 Å². The molecule has 1 rings (SSSR count). The first-order chi connectivity index (χ1) is 6.04. The van der Waals surface area contributed by atoms with Gasteiger partial charge < -0.3 is 4.98 Å². The van der Waals surface area contributed by atoms with E-state index in [0.717, 1.165) is 0 Å². The molecule has 1 heterocycles. The quantitative estimate of drug-likeness (QED) is 0.871. The summed E-state index contributed by atoms with van der Waals surface area (Å²) in [6, 6.07) is 1.71. The van der Waals surface area contributed by atoms with Gasteiger partial charge in [0, 0.05) is 21.3 Å². The van der Waals surface area contributed by atoms with E-state index >= 15 is 0 Å². The molecule has 0 aliphatic heterocycles. The fraction of sp³-hybridized carbons (Fsp3) is 0. The van der Waals surface area contributed by atoms with Gasteiger partial charge in [-0.3, -0.25) is 4.79 Å². The number of rotatable bonds is 2. The van der Waals surface area contributed by atoms with Crippen LogP contribution in [0.25, 0.3) is 9.51 Å². The number of nitrogens with one attached hydrogen (secondary N) is 1. The maximum absolute atomic E-state index is 11.3. The van der Waals surface area contributed by atoms with E-state index in [1.165, 1.54) is 6.20 Å². The fourth-order valence-electron chi connectivity index (χ4n) is 0.974. The monoisotopic (exact) mass is 259 g/mol. The lowest BCUT2D eigenvalue weighted by Gasteiger charge is -2.03. The molecule has 0 saturated heterocycles. The number of hydrogen-bond acceptors (Lipinski definition) is 1. The molecule has 4 heteroatoms. The van der Waals surface area contributed by atoms with Crippen molar-refractivity contribution >= 4 is 37.0 Å². The highest BCUT2D eigenvalue weighted by atomic mass is 79.9. The van der Waals surface area contributed by atoms with Crippen molar-refractivity contribution in [2.75, 3.05) is 0 Å². The molecule has 0 atom stereocenters. The summed E-state index contributed by atoms with van der Waals surface area (Å²) in [4.78, 5) is 13.8. The molecule has 0 saturated carbocycles. The van der Waals surface area contributed by atoms with Gasteiger partial charge in [-0.2, -0.15) is 0 Å². The molecule has 68 valence electrons. The third-order valence-corrected chi connectivity index (χ3v) is 2.14. The smallest absolute Gasteiger partial charge is 0.257 e. The molecule has 1 aromatic rings. The summed E-state index contributed by atoms with van der Waals surface area (Å²) in [6.45, 7) is 7.19. The molecular formula is C9H7BrClNO. The second-order valence-electron chi connectivity index (χ2n) is 2.41. The summed E-state index contributed by atoms with van der Waals surface area (Å²) in [7, 11) is 0. The van der Waals surface area contributed by atoms with E-state index in [1.807, 2.05) is 0 Å². The van der Waals surface area contributed by atoms with Crippen LogP contribution in [0.1, 0.15) is 11.1 Å². The minimum Gasteiger partial charge on any atom is -0.329 e. The van der Waals surface area contributed by atoms with Crippen LogP contribution in [0.2, 0.25) is 0 Å². The number of H-pyrrole nitrogens is 1. The lowest BCUT2D eigenvalue weighted by atomic mass is 10.1. The Labute approximate surface area is 89.1 Å². The maximum Gasteiger partial charge on any atom is 0.257 e. The Hall–Kier alpha value is -0.800. The number of halogens is 2. The van der Waals surface area contributed by atoms with Gasteiger partial charge in [-0.15, -0.1) is 0 Å². The average Bonchev–Trinajstić information content (AvgIpc) is 2.02. The zero-order valence-corrected chi connectivity index (χ0v) is 9.08. The van der Waals surface area contributed by atoms with Crippen molar-refractivity contribution in [1.29, 1.82) is 0 Å². The van der Waals surface area contributed by atoms with Crippen LogP contribution < -0.4 is 5.56 Å². The molecule has 1 N–H and O–H groups in total. The Bertz CT molecular complexity index is 422. The minimum absolute atomic E-state index is 0.206.